The molecule has 0 bridgehead atoms. The standard InChI is InChI=1S/C17H17IN4O2/c18-14-4-2-1-3-13(14)16(23)21-12-5-9-22(10-6-12)17(24)15-11-19-7-8-20-15/h1-4,7-8,11-12H,5-6,9-10H2,(H,21,23). The maximum Gasteiger partial charge on any atom is 0.274 e. The number of aromatic nitrogens is 2. The third-order valence-electron chi connectivity index (χ3n) is 4.02. The molecule has 0 atom stereocenters. The number of benzene rings is 1. The summed E-state index contributed by atoms with van der Waals surface area (Å²) in [7, 11) is 0. The third kappa shape index (κ3) is 3.89. The average Bonchev–Trinajstić information content (AvgIpc) is 2.63. The molecular formula is C17H17IN4O2. The van der Waals surface area contributed by atoms with Crippen LogP contribution in [0.2, 0.25) is 0 Å². The highest BCUT2D eigenvalue weighted by Crippen LogP contribution is 2.15. The summed E-state index contributed by atoms with van der Waals surface area (Å²) in [5.74, 6) is -0.163. The van der Waals surface area contributed by atoms with Crippen molar-refractivity contribution in [2.75, 3.05) is 13.1 Å². The molecule has 3 rings (SSSR count). The Hall–Kier alpha value is -2.03. The van der Waals surface area contributed by atoms with E-state index >= 15 is 0 Å². The zero-order chi connectivity index (χ0) is 16.9. The Bertz CT molecular complexity index is 730. The average molecular weight is 436 g/mol. The summed E-state index contributed by atoms with van der Waals surface area (Å²) in [6.07, 6.45) is 6.01. The van der Waals surface area contributed by atoms with Gasteiger partial charge in [0.2, 0.25) is 0 Å². The lowest BCUT2D eigenvalue weighted by Crippen LogP contribution is -2.46. The zero-order valence-electron chi connectivity index (χ0n) is 13.0. The van der Waals surface area contributed by atoms with Gasteiger partial charge in [-0.2, -0.15) is 0 Å². The zero-order valence-corrected chi connectivity index (χ0v) is 15.1. The number of carbonyl (C=O) groups is 2. The van der Waals surface area contributed by atoms with Gasteiger partial charge in [-0.15, -0.1) is 0 Å². The fourth-order valence-corrected chi connectivity index (χ4v) is 3.34. The molecule has 1 aliphatic rings. The highest BCUT2D eigenvalue weighted by molar-refractivity contribution is 14.1. The van der Waals surface area contributed by atoms with Crippen LogP contribution in [0.3, 0.4) is 0 Å². The predicted octanol–water partition coefficient (Wildman–Crippen LogP) is 2.12. The molecule has 2 heterocycles. The lowest BCUT2D eigenvalue weighted by atomic mass is 10.0. The van der Waals surface area contributed by atoms with E-state index in [4.69, 9.17) is 0 Å². The lowest BCUT2D eigenvalue weighted by molar-refractivity contribution is 0.0692. The second kappa shape index (κ2) is 7.69. The van der Waals surface area contributed by atoms with E-state index in [-0.39, 0.29) is 17.9 Å². The molecule has 2 amide bonds. The van der Waals surface area contributed by atoms with Crippen LogP contribution >= 0.6 is 22.6 Å². The first-order valence-electron chi connectivity index (χ1n) is 7.76. The Labute approximate surface area is 153 Å². The second-order valence-corrected chi connectivity index (χ2v) is 6.77. The van der Waals surface area contributed by atoms with Gasteiger partial charge in [-0.1, -0.05) is 12.1 Å². The van der Waals surface area contributed by atoms with Gasteiger partial charge in [0.05, 0.1) is 11.8 Å². The first kappa shape index (κ1) is 16.8. The molecule has 7 heteroatoms. The molecule has 2 aromatic rings. The monoisotopic (exact) mass is 436 g/mol. The molecule has 0 radical (unpaired) electrons. The van der Waals surface area contributed by atoms with Crippen LogP contribution in [-0.4, -0.2) is 45.8 Å². The first-order valence-corrected chi connectivity index (χ1v) is 8.83. The minimum absolute atomic E-state index is 0.0568. The van der Waals surface area contributed by atoms with E-state index in [2.05, 4.69) is 37.9 Å². The molecule has 0 saturated carbocycles. The highest BCUT2D eigenvalue weighted by Gasteiger charge is 2.25. The summed E-state index contributed by atoms with van der Waals surface area (Å²) < 4.78 is 0.933. The molecule has 24 heavy (non-hydrogen) atoms. The van der Waals surface area contributed by atoms with Crippen LogP contribution in [0.4, 0.5) is 0 Å². The number of likely N-dealkylation sites (tertiary alicyclic amines) is 1. The number of amides is 2. The number of hydrogen-bond acceptors (Lipinski definition) is 4. The Morgan fingerprint density at radius 3 is 2.58 bits per heavy atom. The van der Waals surface area contributed by atoms with Crippen LogP contribution in [-0.2, 0) is 0 Å². The van der Waals surface area contributed by atoms with Crippen molar-refractivity contribution in [3.63, 3.8) is 0 Å². The highest BCUT2D eigenvalue weighted by atomic mass is 127. The molecule has 0 aliphatic carbocycles. The Morgan fingerprint density at radius 1 is 1.17 bits per heavy atom. The molecule has 1 aromatic carbocycles. The van der Waals surface area contributed by atoms with E-state index in [1.54, 1.807) is 11.1 Å². The van der Waals surface area contributed by atoms with Crippen molar-refractivity contribution in [3.05, 3.63) is 57.7 Å². The van der Waals surface area contributed by atoms with Crippen molar-refractivity contribution in [1.82, 2.24) is 20.2 Å². The number of nitrogens with zero attached hydrogens (tertiary/aromatic N) is 3. The van der Waals surface area contributed by atoms with Crippen LogP contribution in [0.15, 0.2) is 42.9 Å². The first-order chi connectivity index (χ1) is 11.6. The molecular weight excluding hydrogens is 419 g/mol. The van der Waals surface area contributed by atoms with E-state index in [1.165, 1.54) is 12.4 Å². The third-order valence-corrected chi connectivity index (χ3v) is 4.96. The quantitative estimate of drug-likeness (QED) is 0.749. The molecule has 0 spiro atoms. The summed E-state index contributed by atoms with van der Waals surface area (Å²) in [4.78, 5) is 34.4. The molecule has 6 nitrogen and oxygen atoms in total. The van der Waals surface area contributed by atoms with Crippen LogP contribution in [0, 0.1) is 3.57 Å². The molecule has 1 saturated heterocycles. The normalized spacial score (nSPS) is 15.1. The van der Waals surface area contributed by atoms with Crippen molar-refractivity contribution in [1.29, 1.82) is 0 Å². The Morgan fingerprint density at radius 2 is 1.92 bits per heavy atom. The van der Waals surface area contributed by atoms with Crippen molar-refractivity contribution in [3.8, 4) is 0 Å². The van der Waals surface area contributed by atoms with Crippen LogP contribution in [0.25, 0.3) is 0 Å². The summed E-state index contributed by atoms with van der Waals surface area (Å²) in [5, 5.41) is 3.07. The maximum atomic E-state index is 12.4. The van der Waals surface area contributed by atoms with Crippen LogP contribution in [0.5, 0.6) is 0 Å². The fraction of sp³-hybridized carbons (Fsp3) is 0.294. The summed E-state index contributed by atoms with van der Waals surface area (Å²) >= 11 is 2.16. The van der Waals surface area contributed by atoms with Crippen LogP contribution < -0.4 is 5.32 Å². The predicted molar refractivity (Wildman–Crippen MR) is 97.6 cm³/mol. The van der Waals surface area contributed by atoms with Crippen LogP contribution in [0.1, 0.15) is 33.7 Å². The lowest BCUT2D eigenvalue weighted by Gasteiger charge is -2.32. The van der Waals surface area contributed by atoms with Gasteiger partial charge in [-0.3, -0.25) is 14.6 Å². The number of carbonyl (C=O) groups excluding carboxylic acids is 2. The number of nitrogens with one attached hydrogen (secondary N) is 1. The summed E-state index contributed by atoms with van der Waals surface area (Å²) in [6.45, 7) is 1.21. The van der Waals surface area contributed by atoms with E-state index in [0.717, 1.165) is 16.4 Å². The van der Waals surface area contributed by atoms with Gasteiger partial charge in [0.1, 0.15) is 5.69 Å². The fourth-order valence-electron chi connectivity index (χ4n) is 2.71. The smallest absolute Gasteiger partial charge is 0.274 e. The summed E-state index contributed by atoms with van der Waals surface area (Å²) in [6, 6.07) is 7.59. The molecule has 124 valence electrons. The van der Waals surface area contributed by atoms with Crippen molar-refractivity contribution in [2.45, 2.75) is 18.9 Å². The molecule has 1 aromatic heterocycles. The minimum Gasteiger partial charge on any atom is -0.349 e. The van der Waals surface area contributed by atoms with Crippen molar-refractivity contribution < 1.29 is 9.59 Å². The largest absolute Gasteiger partial charge is 0.349 e. The number of hydrogen-bond donors (Lipinski definition) is 1. The van der Waals surface area contributed by atoms with E-state index in [1.807, 2.05) is 24.3 Å². The molecule has 0 unspecified atom stereocenters. The Kier molecular flexibility index (Phi) is 5.39. The SMILES string of the molecule is O=C(NC1CCN(C(=O)c2cnccn2)CC1)c1ccccc1I. The van der Waals surface area contributed by atoms with E-state index < -0.39 is 0 Å². The van der Waals surface area contributed by atoms with Crippen molar-refractivity contribution >= 4 is 34.4 Å². The van der Waals surface area contributed by atoms with E-state index in [0.29, 0.717) is 24.3 Å². The molecule has 1 aliphatic heterocycles. The van der Waals surface area contributed by atoms with Crippen molar-refractivity contribution in [2.24, 2.45) is 0 Å². The van der Waals surface area contributed by atoms with E-state index in [9.17, 15) is 9.59 Å². The topological polar surface area (TPSA) is 75.2 Å². The van der Waals surface area contributed by atoms with Gasteiger partial charge in [0, 0.05) is 35.1 Å². The van der Waals surface area contributed by atoms with Gasteiger partial charge in [-0.05, 0) is 47.6 Å². The molecule has 1 N–H and O–H groups in total. The maximum absolute atomic E-state index is 12.4. The Balaban J connectivity index is 1.55. The molecule has 1 fully saturated rings. The van der Waals surface area contributed by atoms with Gasteiger partial charge in [0.25, 0.3) is 11.8 Å². The van der Waals surface area contributed by atoms with Gasteiger partial charge in [0.15, 0.2) is 0 Å². The van der Waals surface area contributed by atoms with Gasteiger partial charge >= 0.3 is 0 Å². The number of rotatable bonds is 3. The minimum atomic E-state index is -0.106. The summed E-state index contributed by atoms with van der Waals surface area (Å²) in [5.41, 5.74) is 1.05. The number of piperidine rings is 1. The van der Waals surface area contributed by atoms with Gasteiger partial charge < -0.3 is 10.2 Å². The number of halogens is 1. The second-order valence-electron chi connectivity index (χ2n) is 5.61. The van der Waals surface area contributed by atoms with Gasteiger partial charge in [-0.25, -0.2) is 4.98 Å².